The van der Waals surface area contributed by atoms with Crippen molar-refractivity contribution in [2.75, 3.05) is 27.2 Å². The Hall–Kier alpha value is -3.09. The summed E-state index contributed by atoms with van der Waals surface area (Å²) in [6, 6.07) is 13.9. The first kappa shape index (κ1) is 20.6. The molecule has 154 valence electrons. The number of carbonyl (C=O) groups is 1. The number of pyridine rings is 1. The minimum absolute atomic E-state index is 0.127. The number of hydrogen-bond acceptors (Lipinski definition) is 5. The van der Waals surface area contributed by atoms with Gasteiger partial charge in [-0.15, -0.1) is 0 Å². The smallest absolute Gasteiger partial charge is 0.310 e. The van der Waals surface area contributed by atoms with Crippen LogP contribution in [0.1, 0.15) is 18.1 Å². The number of carbonyl (C=O) groups excluding carboxylic acids is 1. The fourth-order valence-electron chi connectivity index (χ4n) is 3.48. The van der Waals surface area contributed by atoms with Crippen molar-refractivity contribution in [1.29, 1.82) is 0 Å². The van der Waals surface area contributed by atoms with E-state index >= 15 is 0 Å². The molecule has 2 unspecified atom stereocenters. The summed E-state index contributed by atoms with van der Waals surface area (Å²) in [5, 5.41) is 3.37. The Kier molecular flexibility index (Phi) is 7.05. The number of esters is 1. The van der Waals surface area contributed by atoms with Crippen LogP contribution in [0.25, 0.3) is 0 Å². The number of nitrogens with one attached hydrogen (secondary N) is 1. The predicted molar refractivity (Wildman–Crippen MR) is 111 cm³/mol. The summed E-state index contributed by atoms with van der Waals surface area (Å²) in [6.45, 7) is 4.50. The molecule has 7 nitrogen and oxygen atoms in total. The summed E-state index contributed by atoms with van der Waals surface area (Å²) in [6.07, 6.45) is 1.74. The number of nitrogens with zero attached hydrogens (tertiary/aromatic N) is 3. The van der Waals surface area contributed by atoms with Gasteiger partial charge in [-0.05, 0) is 23.1 Å². The van der Waals surface area contributed by atoms with Crippen LogP contribution in [0.2, 0.25) is 0 Å². The highest BCUT2D eigenvalue weighted by Crippen LogP contribution is 2.24. The van der Waals surface area contributed by atoms with E-state index < -0.39 is 0 Å². The van der Waals surface area contributed by atoms with Gasteiger partial charge in [0.15, 0.2) is 5.96 Å². The van der Waals surface area contributed by atoms with Gasteiger partial charge in [0.05, 0.1) is 13.0 Å². The number of methoxy groups -OCH3 is 1. The second kappa shape index (κ2) is 9.91. The van der Waals surface area contributed by atoms with E-state index in [0.717, 1.165) is 23.6 Å². The summed E-state index contributed by atoms with van der Waals surface area (Å²) < 4.78 is 10.7. The topological polar surface area (TPSA) is 76.1 Å². The molecule has 2 aromatic rings. The molecule has 0 aliphatic carbocycles. The highest BCUT2D eigenvalue weighted by Gasteiger charge is 2.36. The molecule has 1 aliphatic rings. The molecule has 1 aromatic carbocycles. The van der Waals surface area contributed by atoms with Crippen molar-refractivity contribution >= 4 is 11.9 Å². The largest absolute Gasteiger partial charge is 0.473 e. The van der Waals surface area contributed by atoms with Crippen LogP contribution in [-0.4, -0.2) is 49.1 Å². The summed E-state index contributed by atoms with van der Waals surface area (Å²) >= 11 is 0. The minimum Gasteiger partial charge on any atom is -0.473 e. The number of likely N-dealkylation sites (tertiary alicyclic amines) is 1. The van der Waals surface area contributed by atoms with Crippen molar-refractivity contribution in [1.82, 2.24) is 15.2 Å². The zero-order valence-corrected chi connectivity index (χ0v) is 17.2. The van der Waals surface area contributed by atoms with Crippen LogP contribution in [0.15, 0.2) is 53.7 Å². The van der Waals surface area contributed by atoms with E-state index in [1.54, 1.807) is 13.2 Å². The van der Waals surface area contributed by atoms with Crippen molar-refractivity contribution in [2.24, 2.45) is 16.8 Å². The first-order valence-corrected chi connectivity index (χ1v) is 9.75. The third kappa shape index (κ3) is 5.47. The van der Waals surface area contributed by atoms with E-state index in [9.17, 15) is 4.79 Å². The molecule has 3 rings (SSSR count). The summed E-state index contributed by atoms with van der Waals surface area (Å²) in [5.74, 6) is 1.29. The van der Waals surface area contributed by atoms with E-state index in [1.807, 2.05) is 42.5 Å². The Balaban J connectivity index is 1.55. The SMILES string of the molecule is CN=C(NCc1ccnc(OCc2ccccc2)c1)N1CC(C)C(C(=O)OC)C1. The van der Waals surface area contributed by atoms with Gasteiger partial charge in [0.25, 0.3) is 0 Å². The highest BCUT2D eigenvalue weighted by atomic mass is 16.5. The maximum Gasteiger partial charge on any atom is 0.310 e. The van der Waals surface area contributed by atoms with Crippen LogP contribution in [-0.2, 0) is 22.7 Å². The van der Waals surface area contributed by atoms with Crippen LogP contribution >= 0.6 is 0 Å². The van der Waals surface area contributed by atoms with Crippen LogP contribution in [0, 0.1) is 11.8 Å². The van der Waals surface area contributed by atoms with E-state index in [0.29, 0.717) is 25.6 Å². The zero-order chi connectivity index (χ0) is 20.6. The van der Waals surface area contributed by atoms with Crippen LogP contribution in [0.4, 0.5) is 0 Å². The van der Waals surface area contributed by atoms with Crippen LogP contribution in [0.5, 0.6) is 5.88 Å². The fourth-order valence-corrected chi connectivity index (χ4v) is 3.48. The van der Waals surface area contributed by atoms with Crippen molar-refractivity contribution in [2.45, 2.75) is 20.1 Å². The van der Waals surface area contributed by atoms with Gasteiger partial charge < -0.3 is 19.7 Å². The number of aliphatic imine (C=N–C) groups is 1. The van der Waals surface area contributed by atoms with Gasteiger partial charge in [0.1, 0.15) is 6.61 Å². The van der Waals surface area contributed by atoms with E-state index in [2.05, 4.69) is 27.1 Å². The molecule has 1 fully saturated rings. The normalized spacial score (nSPS) is 19.1. The van der Waals surface area contributed by atoms with Gasteiger partial charge in [0, 0.05) is 38.9 Å². The molecule has 1 saturated heterocycles. The third-order valence-electron chi connectivity index (χ3n) is 5.11. The molecule has 0 saturated carbocycles. The Morgan fingerprint density at radius 3 is 2.76 bits per heavy atom. The first-order valence-electron chi connectivity index (χ1n) is 9.75. The lowest BCUT2D eigenvalue weighted by molar-refractivity contribution is -0.145. The monoisotopic (exact) mass is 396 g/mol. The standard InChI is InChI=1S/C22H28N4O3/c1-16-13-26(14-19(16)21(27)28-3)22(23-2)25-12-18-9-10-24-20(11-18)29-15-17-7-5-4-6-8-17/h4-11,16,19H,12-15H2,1-3H3,(H,23,25). The molecular weight excluding hydrogens is 368 g/mol. The van der Waals surface area contributed by atoms with Crippen molar-refractivity contribution < 1.29 is 14.3 Å². The number of guanidine groups is 1. The molecule has 29 heavy (non-hydrogen) atoms. The molecule has 0 amide bonds. The van der Waals surface area contributed by atoms with Crippen LogP contribution in [0.3, 0.4) is 0 Å². The summed E-state index contributed by atoms with van der Waals surface area (Å²) in [5.41, 5.74) is 2.14. The lowest BCUT2D eigenvalue weighted by atomic mass is 9.99. The van der Waals surface area contributed by atoms with Gasteiger partial charge in [-0.25, -0.2) is 4.98 Å². The van der Waals surface area contributed by atoms with Gasteiger partial charge in [-0.2, -0.15) is 0 Å². The molecule has 2 heterocycles. The zero-order valence-electron chi connectivity index (χ0n) is 17.2. The second-order valence-corrected chi connectivity index (χ2v) is 7.19. The van der Waals surface area contributed by atoms with E-state index in [-0.39, 0.29) is 17.8 Å². The average Bonchev–Trinajstić information content (AvgIpc) is 3.14. The number of hydrogen-bond donors (Lipinski definition) is 1. The predicted octanol–water partition coefficient (Wildman–Crippen LogP) is 2.48. The van der Waals surface area contributed by atoms with E-state index in [1.165, 1.54) is 7.11 Å². The molecule has 0 bridgehead atoms. The summed E-state index contributed by atoms with van der Waals surface area (Å²) in [4.78, 5) is 22.7. The van der Waals surface area contributed by atoms with Gasteiger partial charge in [-0.1, -0.05) is 37.3 Å². The number of aromatic nitrogens is 1. The molecule has 2 atom stereocenters. The maximum absolute atomic E-state index is 11.9. The molecular formula is C22H28N4O3. The highest BCUT2D eigenvalue weighted by molar-refractivity contribution is 5.82. The molecule has 7 heteroatoms. The average molecular weight is 396 g/mol. The molecule has 0 spiro atoms. The van der Waals surface area contributed by atoms with Crippen molar-refractivity contribution in [3.63, 3.8) is 0 Å². The first-order chi connectivity index (χ1) is 14.1. The number of ether oxygens (including phenoxy) is 2. The molecule has 1 N–H and O–H groups in total. The van der Waals surface area contributed by atoms with Gasteiger partial charge in [-0.3, -0.25) is 9.79 Å². The Bertz CT molecular complexity index is 841. The summed E-state index contributed by atoms with van der Waals surface area (Å²) in [7, 11) is 3.19. The van der Waals surface area contributed by atoms with Crippen molar-refractivity contribution in [3.05, 3.63) is 59.8 Å². The molecule has 1 aliphatic heterocycles. The number of rotatable bonds is 6. The van der Waals surface area contributed by atoms with Gasteiger partial charge in [0.2, 0.25) is 5.88 Å². The maximum atomic E-state index is 11.9. The Labute approximate surface area is 171 Å². The Morgan fingerprint density at radius 1 is 1.24 bits per heavy atom. The van der Waals surface area contributed by atoms with Gasteiger partial charge >= 0.3 is 5.97 Å². The molecule has 0 radical (unpaired) electrons. The van der Waals surface area contributed by atoms with Crippen molar-refractivity contribution in [3.8, 4) is 5.88 Å². The number of benzene rings is 1. The minimum atomic E-state index is -0.162. The van der Waals surface area contributed by atoms with Crippen LogP contribution < -0.4 is 10.1 Å². The lowest BCUT2D eigenvalue weighted by Crippen LogP contribution is -2.40. The Morgan fingerprint density at radius 2 is 2.03 bits per heavy atom. The fraction of sp³-hybridized carbons (Fsp3) is 0.409. The second-order valence-electron chi connectivity index (χ2n) is 7.19. The third-order valence-corrected chi connectivity index (χ3v) is 5.11. The quantitative estimate of drug-likeness (QED) is 0.459. The molecule has 1 aromatic heterocycles. The lowest BCUT2D eigenvalue weighted by Gasteiger charge is -2.21. The van der Waals surface area contributed by atoms with E-state index in [4.69, 9.17) is 9.47 Å².